The highest BCUT2D eigenvalue weighted by Gasteiger charge is 2.51. The summed E-state index contributed by atoms with van der Waals surface area (Å²) in [5.41, 5.74) is 0.643. The maximum absolute atomic E-state index is 12.6. The number of ether oxygens (including phenoxy) is 1. The van der Waals surface area contributed by atoms with Gasteiger partial charge in [0.05, 0.1) is 19.4 Å². The van der Waals surface area contributed by atoms with Crippen molar-refractivity contribution in [2.45, 2.75) is 36.9 Å². The van der Waals surface area contributed by atoms with E-state index in [4.69, 9.17) is 4.74 Å². The van der Waals surface area contributed by atoms with Crippen molar-refractivity contribution in [3.05, 3.63) is 30.3 Å². The lowest BCUT2D eigenvalue weighted by Crippen LogP contribution is -2.60. The van der Waals surface area contributed by atoms with Gasteiger partial charge < -0.3 is 20.1 Å². The summed E-state index contributed by atoms with van der Waals surface area (Å²) in [4.78, 5) is 17.2. The van der Waals surface area contributed by atoms with Crippen LogP contribution < -0.4 is 10.2 Å². The van der Waals surface area contributed by atoms with Gasteiger partial charge >= 0.3 is 0 Å². The van der Waals surface area contributed by atoms with Crippen LogP contribution in [0, 0.1) is 0 Å². The van der Waals surface area contributed by atoms with E-state index in [1.54, 1.807) is 0 Å². The zero-order valence-electron chi connectivity index (χ0n) is 13.9. The minimum absolute atomic E-state index is 0.138. The number of rotatable bonds is 2. The van der Waals surface area contributed by atoms with E-state index in [0.29, 0.717) is 19.9 Å². The molecule has 3 aliphatic rings. The van der Waals surface area contributed by atoms with Gasteiger partial charge in [0.2, 0.25) is 5.91 Å². The number of nitrogens with one attached hydrogen (secondary N) is 1. The minimum atomic E-state index is -0.450. The number of carbonyl (C=O) groups is 1. The topological polar surface area (TPSA) is 65.0 Å². The van der Waals surface area contributed by atoms with E-state index >= 15 is 0 Å². The average molecular weight is 331 g/mol. The van der Waals surface area contributed by atoms with Crippen molar-refractivity contribution < 1.29 is 14.6 Å². The smallest absolute Gasteiger partial charge is 0.247 e. The van der Waals surface area contributed by atoms with Crippen LogP contribution in [0.1, 0.15) is 19.3 Å². The number of hydrogen-bond acceptors (Lipinski definition) is 5. The second kappa shape index (κ2) is 6.35. The van der Waals surface area contributed by atoms with Crippen LogP contribution in [-0.4, -0.2) is 66.6 Å². The van der Waals surface area contributed by atoms with Crippen LogP contribution in [0.5, 0.6) is 0 Å². The minimum Gasteiger partial charge on any atom is -0.389 e. The summed E-state index contributed by atoms with van der Waals surface area (Å²) in [7, 11) is 0. The second-order valence-corrected chi connectivity index (χ2v) is 6.99. The van der Waals surface area contributed by atoms with Crippen molar-refractivity contribution in [3.63, 3.8) is 0 Å². The monoisotopic (exact) mass is 331 g/mol. The Labute approximate surface area is 142 Å². The molecule has 3 saturated heterocycles. The fourth-order valence-electron chi connectivity index (χ4n) is 4.40. The predicted octanol–water partition coefficient (Wildman–Crippen LogP) is 0.565. The second-order valence-electron chi connectivity index (χ2n) is 6.99. The molecule has 2 N–H and O–H groups in total. The number of para-hydroxylation sites is 1. The number of aliphatic hydroxyl groups excluding tert-OH is 1. The number of aliphatic hydroxyl groups is 1. The fraction of sp³-hybridized carbons (Fsp3) is 0.611. The molecule has 6 heteroatoms. The zero-order valence-corrected chi connectivity index (χ0v) is 13.9. The largest absolute Gasteiger partial charge is 0.389 e. The van der Waals surface area contributed by atoms with Crippen LogP contribution >= 0.6 is 0 Å². The van der Waals surface area contributed by atoms with Crippen LogP contribution in [0.2, 0.25) is 0 Å². The third-order valence-electron chi connectivity index (χ3n) is 5.79. The molecule has 24 heavy (non-hydrogen) atoms. The van der Waals surface area contributed by atoms with E-state index in [1.165, 1.54) is 0 Å². The predicted molar refractivity (Wildman–Crippen MR) is 90.7 cm³/mol. The maximum atomic E-state index is 12.6. The molecule has 0 aliphatic carbocycles. The van der Waals surface area contributed by atoms with Crippen molar-refractivity contribution in [3.8, 4) is 0 Å². The molecule has 3 heterocycles. The number of likely N-dealkylation sites (tertiary alicyclic amines) is 1. The summed E-state index contributed by atoms with van der Waals surface area (Å²) in [6.45, 7) is 3.36. The number of benzene rings is 1. The lowest BCUT2D eigenvalue weighted by Gasteiger charge is -2.47. The standard InChI is InChI=1S/C18H25N3O3/c22-16-12-24-11-6-15(16)20-9-7-18(8-10-20)17(23)19-13-21(18)14-4-2-1-3-5-14/h1-5,15-16,22H,6-13H2,(H,19,23). The van der Waals surface area contributed by atoms with Crippen molar-refractivity contribution in [2.75, 3.05) is 37.9 Å². The lowest BCUT2D eigenvalue weighted by molar-refractivity contribution is -0.126. The third kappa shape index (κ3) is 2.59. The van der Waals surface area contributed by atoms with E-state index in [1.807, 2.05) is 18.2 Å². The first kappa shape index (κ1) is 15.9. The van der Waals surface area contributed by atoms with Crippen LogP contribution in [0.15, 0.2) is 30.3 Å². The number of piperidine rings is 1. The first-order valence-electron chi connectivity index (χ1n) is 8.81. The molecule has 3 fully saturated rings. The Bertz CT molecular complexity index is 586. The quantitative estimate of drug-likeness (QED) is 0.829. The van der Waals surface area contributed by atoms with Crippen molar-refractivity contribution in [1.82, 2.24) is 10.2 Å². The molecule has 1 amide bonds. The summed E-state index contributed by atoms with van der Waals surface area (Å²) in [5, 5.41) is 13.2. The number of carbonyl (C=O) groups excluding carboxylic acids is 1. The van der Waals surface area contributed by atoms with Crippen molar-refractivity contribution in [1.29, 1.82) is 0 Å². The summed E-state index contributed by atoms with van der Waals surface area (Å²) in [6, 6.07) is 10.3. The van der Waals surface area contributed by atoms with E-state index in [2.05, 4.69) is 27.2 Å². The maximum Gasteiger partial charge on any atom is 0.247 e. The van der Waals surface area contributed by atoms with E-state index < -0.39 is 11.6 Å². The fourth-order valence-corrected chi connectivity index (χ4v) is 4.40. The molecule has 6 nitrogen and oxygen atoms in total. The third-order valence-corrected chi connectivity index (χ3v) is 5.79. The van der Waals surface area contributed by atoms with Gasteiger partial charge in [-0.2, -0.15) is 0 Å². The van der Waals surface area contributed by atoms with Gasteiger partial charge in [0, 0.05) is 31.4 Å². The molecule has 1 aromatic carbocycles. The summed E-state index contributed by atoms with van der Waals surface area (Å²) < 4.78 is 5.34. The first-order valence-corrected chi connectivity index (χ1v) is 8.81. The molecule has 130 valence electrons. The highest BCUT2D eigenvalue weighted by molar-refractivity contribution is 5.93. The Morgan fingerprint density at radius 3 is 2.67 bits per heavy atom. The number of hydrogen-bond donors (Lipinski definition) is 2. The molecule has 1 spiro atoms. The molecular formula is C18H25N3O3. The summed E-state index contributed by atoms with van der Waals surface area (Å²) in [5.74, 6) is 0.138. The highest BCUT2D eigenvalue weighted by atomic mass is 16.5. The molecule has 4 rings (SSSR count). The van der Waals surface area contributed by atoms with Crippen LogP contribution in [0.3, 0.4) is 0 Å². The summed E-state index contributed by atoms with van der Waals surface area (Å²) >= 11 is 0. The lowest BCUT2D eigenvalue weighted by atomic mass is 9.84. The van der Waals surface area contributed by atoms with Crippen LogP contribution in [0.25, 0.3) is 0 Å². The molecule has 0 bridgehead atoms. The Balaban J connectivity index is 1.50. The van der Waals surface area contributed by atoms with Gasteiger partial charge in [-0.05, 0) is 31.4 Å². The van der Waals surface area contributed by atoms with E-state index in [9.17, 15) is 9.90 Å². The molecular weight excluding hydrogens is 306 g/mol. The molecule has 0 radical (unpaired) electrons. The van der Waals surface area contributed by atoms with E-state index in [0.717, 1.165) is 38.0 Å². The molecule has 1 aromatic rings. The van der Waals surface area contributed by atoms with Crippen molar-refractivity contribution >= 4 is 11.6 Å². The Kier molecular flexibility index (Phi) is 4.20. The zero-order chi connectivity index (χ0) is 16.6. The Morgan fingerprint density at radius 2 is 1.96 bits per heavy atom. The van der Waals surface area contributed by atoms with Gasteiger partial charge in [-0.15, -0.1) is 0 Å². The highest BCUT2D eigenvalue weighted by Crippen LogP contribution is 2.37. The molecule has 2 unspecified atom stereocenters. The normalized spacial score (nSPS) is 30.5. The van der Waals surface area contributed by atoms with Crippen molar-refractivity contribution in [2.24, 2.45) is 0 Å². The SMILES string of the molecule is O=C1NCN(c2ccccc2)C12CCN(C1CCOCC1O)CC2. The van der Waals surface area contributed by atoms with Gasteiger partial charge in [-0.1, -0.05) is 18.2 Å². The van der Waals surface area contributed by atoms with Crippen LogP contribution in [-0.2, 0) is 9.53 Å². The van der Waals surface area contributed by atoms with Gasteiger partial charge in [-0.25, -0.2) is 0 Å². The van der Waals surface area contributed by atoms with Gasteiger partial charge in [-0.3, -0.25) is 9.69 Å². The summed E-state index contributed by atoms with van der Waals surface area (Å²) in [6.07, 6.45) is 2.02. The Hall–Kier alpha value is -1.63. The Morgan fingerprint density at radius 1 is 1.21 bits per heavy atom. The number of anilines is 1. The van der Waals surface area contributed by atoms with Gasteiger partial charge in [0.1, 0.15) is 5.54 Å². The van der Waals surface area contributed by atoms with E-state index in [-0.39, 0.29) is 11.9 Å². The van der Waals surface area contributed by atoms with Gasteiger partial charge in [0.15, 0.2) is 0 Å². The number of amides is 1. The molecule has 0 aromatic heterocycles. The van der Waals surface area contributed by atoms with Gasteiger partial charge in [0.25, 0.3) is 0 Å². The number of nitrogens with zero attached hydrogens (tertiary/aromatic N) is 2. The molecule has 2 atom stereocenters. The molecule has 0 saturated carbocycles. The first-order chi connectivity index (χ1) is 11.7. The molecule has 3 aliphatic heterocycles. The van der Waals surface area contributed by atoms with Crippen LogP contribution in [0.4, 0.5) is 5.69 Å². The average Bonchev–Trinajstić information content (AvgIpc) is 2.93.